The number of unbranched alkanes of at least 4 members (excludes halogenated alkanes) is 1. The Balaban J connectivity index is 2.75. The Bertz CT molecular complexity index is 313. The van der Waals surface area contributed by atoms with Crippen LogP contribution in [0.15, 0.2) is 18.2 Å². The Morgan fingerprint density at radius 2 is 2.07 bits per heavy atom. The minimum atomic E-state index is -1.74. The predicted octanol–water partition coefficient (Wildman–Crippen LogP) is 1.69. The molecule has 0 saturated heterocycles. The van der Waals surface area contributed by atoms with E-state index < -0.39 is 7.32 Å². The van der Waals surface area contributed by atoms with Crippen LogP contribution in [0.5, 0.6) is 5.75 Å². The van der Waals surface area contributed by atoms with Gasteiger partial charge in [-0.05, 0) is 43.0 Å². The third-order valence-electron chi connectivity index (χ3n) is 2.36. The Labute approximate surface area is 90.9 Å². The van der Waals surface area contributed by atoms with Gasteiger partial charge < -0.3 is 14.7 Å². The third-order valence-corrected chi connectivity index (χ3v) is 2.36. The highest BCUT2D eigenvalue weighted by Gasteiger charge is 2.11. The highest BCUT2D eigenvalue weighted by Crippen LogP contribution is 2.19. The number of hydrogen-bond donors (Lipinski definition) is 2. The number of hydrogen-bond acceptors (Lipinski definition) is 3. The predicted molar refractivity (Wildman–Crippen MR) is 60.6 cm³/mol. The minimum Gasteiger partial charge on any atom is -0.512 e. The second-order valence-corrected chi connectivity index (χ2v) is 3.64. The molecule has 0 saturated carbocycles. The molecule has 2 N–H and O–H groups in total. The first-order chi connectivity index (χ1) is 7.13. The van der Waals surface area contributed by atoms with Crippen LogP contribution >= 0.6 is 0 Å². The van der Waals surface area contributed by atoms with Crippen molar-refractivity contribution in [3.8, 4) is 5.75 Å². The molecule has 82 valence electrons. The maximum atomic E-state index is 8.68. The van der Waals surface area contributed by atoms with Gasteiger partial charge in [0.1, 0.15) is 5.75 Å². The topological polar surface area (TPSA) is 49.7 Å². The van der Waals surface area contributed by atoms with Gasteiger partial charge in [0.15, 0.2) is 0 Å². The average Bonchev–Trinajstić information content (AvgIpc) is 2.18. The fourth-order valence-electron chi connectivity index (χ4n) is 1.48. The maximum absolute atomic E-state index is 8.68. The van der Waals surface area contributed by atoms with E-state index in [0.29, 0.717) is 5.75 Å². The highest BCUT2D eigenvalue weighted by atomic mass is 16.6. The summed E-state index contributed by atoms with van der Waals surface area (Å²) in [6.45, 7) is 4.19. The summed E-state index contributed by atoms with van der Waals surface area (Å²) >= 11 is 0. The van der Waals surface area contributed by atoms with Crippen molar-refractivity contribution in [2.75, 3.05) is 0 Å². The summed E-state index contributed by atoms with van der Waals surface area (Å²) in [7, 11) is -1.74. The molecule has 0 aromatic heterocycles. The molecule has 0 radical (unpaired) electrons. The molecule has 0 aliphatic carbocycles. The zero-order valence-electron chi connectivity index (χ0n) is 9.23. The van der Waals surface area contributed by atoms with E-state index in [9.17, 15) is 0 Å². The Kier molecular flexibility index (Phi) is 4.65. The number of benzene rings is 1. The molecular weight excluding hydrogens is 191 g/mol. The van der Waals surface area contributed by atoms with E-state index in [0.717, 1.165) is 19.3 Å². The molecule has 1 rings (SSSR count). The van der Waals surface area contributed by atoms with Crippen molar-refractivity contribution >= 4 is 7.32 Å². The van der Waals surface area contributed by atoms with Crippen LogP contribution in [-0.2, 0) is 6.42 Å². The monoisotopic (exact) mass is 208 g/mol. The van der Waals surface area contributed by atoms with Gasteiger partial charge in [-0.15, -0.1) is 0 Å². The third kappa shape index (κ3) is 3.94. The van der Waals surface area contributed by atoms with Gasteiger partial charge in [-0.2, -0.15) is 0 Å². The van der Waals surface area contributed by atoms with Gasteiger partial charge in [0.05, 0.1) is 0 Å². The van der Waals surface area contributed by atoms with Crippen molar-refractivity contribution in [3.05, 3.63) is 29.3 Å². The second-order valence-electron chi connectivity index (χ2n) is 3.64. The molecule has 3 nitrogen and oxygen atoms in total. The molecule has 0 aliphatic heterocycles. The Morgan fingerprint density at radius 1 is 1.33 bits per heavy atom. The molecule has 1 aromatic rings. The van der Waals surface area contributed by atoms with Gasteiger partial charge in [-0.25, -0.2) is 0 Å². The lowest BCUT2D eigenvalue weighted by molar-refractivity contribution is 0.288. The van der Waals surface area contributed by atoms with Crippen molar-refractivity contribution in [3.63, 3.8) is 0 Å². The molecule has 0 fully saturated rings. The fraction of sp³-hybridized carbons (Fsp3) is 0.455. The fourth-order valence-corrected chi connectivity index (χ4v) is 1.48. The quantitative estimate of drug-likeness (QED) is 0.723. The van der Waals surface area contributed by atoms with E-state index in [1.165, 1.54) is 11.1 Å². The summed E-state index contributed by atoms with van der Waals surface area (Å²) in [5.41, 5.74) is 2.42. The summed E-state index contributed by atoms with van der Waals surface area (Å²) in [6.07, 6.45) is 3.28. The van der Waals surface area contributed by atoms with Gasteiger partial charge in [0.25, 0.3) is 0 Å². The van der Waals surface area contributed by atoms with E-state index in [2.05, 4.69) is 6.92 Å². The smallest absolute Gasteiger partial charge is 0.512 e. The van der Waals surface area contributed by atoms with Gasteiger partial charge in [-0.1, -0.05) is 19.4 Å². The molecular formula is C11H17BO3. The van der Waals surface area contributed by atoms with Crippen LogP contribution in [0.25, 0.3) is 0 Å². The van der Waals surface area contributed by atoms with Crippen LogP contribution in [0, 0.1) is 6.92 Å². The zero-order chi connectivity index (χ0) is 11.3. The Morgan fingerprint density at radius 3 is 2.67 bits per heavy atom. The average molecular weight is 208 g/mol. The summed E-state index contributed by atoms with van der Waals surface area (Å²) in [4.78, 5) is 0. The standard InChI is InChI=1S/C11H17BO3/c1-3-4-5-10-8-11(15-12(13)14)7-6-9(10)2/h6-8,13-14H,3-5H2,1-2H3. The van der Waals surface area contributed by atoms with Crippen molar-refractivity contribution in [1.29, 1.82) is 0 Å². The van der Waals surface area contributed by atoms with Crippen LogP contribution < -0.4 is 4.65 Å². The molecule has 0 spiro atoms. The van der Waals surface area contributed by atoms with Crippen molar-refractivity contribution < 1.29 is 14.7 Å². The van der Waals surface area contributed by atoms with E-state index in [-0.39, 0.29) is 0 Å². The molecule has 0 heterocycles. The summed E-state index contributed by atoms with van der Waals surface area (Å²) in [6, 6.07) is 5.54. The second kappa shape index (κ2) is 5.78. The van der Waals surface area contributed by atoms with E-state index in [4.69, 9.17) is 14.7 Å². The SMILES string of the molecule is CCCCc1cc(OB(O)O)ccc1C. The normalized spacial score (nSPS) is 10.1. The van der Waals surface area contributed by atoms with Gasteiger partial charge in [0, 0.05) is 0 Å². The lowest BCUT2D eigenvalue weighted by atomic mass is 10.0. The van der Waals surface area contributed by atoms with Crippen LogP contribution in [-0.4, -0.2) is 17.4 Å². The number of rotatable bonds is 5. The van der Waals surface area contributed by atoms with Crippen molar-refractivity contribution in [2.24, 2.45) is 0 Å². The van der Waals surface area contributed by atoms with Gasteiger partial charge >= 0.3 is 7.32 Å². The van der Waals surface area contributed by atoms with Crippen molar-refractivity contribution in [2.45, 2.75) is 33.1 Å². The van der Waals surface area contributed by atoms with Gasteiger partial charge in [-0.3, -0.25) is 0 Å². The lowest BCUT2D eigenvalue weighted by Gasteiger charge is -2.09. The van der Waals surface area contributed by atoms with E-state index in [1.807, 2.05) is 19.1 Å². The first-order valence-corrected chi connectivity index (χ1v) is 5.25. The summed E-state index contributed by atoms with van der Waals surface area (Å²) < 4.78 is 4.80. The van der Waals surface area contributed by atoms with Crippen LogP contribution in [0.4, 0.5) is 0 Å². The molecule has 0 amide bonds. The molecule has 0 aliphatic rings. The molecule has 4 heteroatoms. The zero-order valence-corrected chi connectivity index (χ0v) is 9.23. The molecule has 0 unspecified atom stereocenters. The van der Waals surface area contributed by atoms with Crippen molar-refractivity contribution in [1.82, 2.24) is 0 Å². The molecule has 0 atom stereocenters. The van der Waals surface area contributed by atoms with Crippen LogP contribution in [0.2, 0.25) is 0 Å². The summed E-state index contributed by atoms with van der Waals surface area (Å²) in [5, 5.41) is 17.4. The lowest BCUT2D eigenvalue weighted by Crippen LogP contribution is -2.20. The molecule has 15 heavy (non-hydrogen) atoms. The van der Waals surface area contributed by atoms with E-state index in [1.54, 1.807) is 6.07 Å². The first kappa shape index (κ1) is 12.1. The number of aryl methyl sites for hydroxylation is 2. The minimum absolute atomic E-state index is 0.502. The van der Waals surface area contributed by atoms with Gasteiger partial charge in [0.2, 0.25) is 0 Å². The van der Waals surface area contributed by atoms with Crippen LogP contribution in [0.1, 0.15) is 30.9 Å². The Hall–Kier alpha value is -0.995. The summed E-state index contributed by atoms with van der Waals surface area (Å²) in [5.74, 6) is 0.502. The van der Waals surface area contributed by atoms with Crippen LogP contribution in [0.3, 0.4) is 0 Å². The first-order valence-electron chi connectivity index (χ1n) is 5.25. The highest BCUT2D eigenvalue weighted by molar-refractivity contribution is 6.33. The maximum Gasteiger partial charge on any atom is 0.707 e. The van der Waals surface area contributed by atoms with E-state index >= 15 is 0 Å². The largest absolute Gasteiger partial charge is 0.707 e. The molecule has 1 aromatic carbocycles. The molecule has 0 bridgehead atoms.